The fraction of sp³-hybridized carbons (Fsp3) is 0. The van der Waals surface area contributed by atoms with Crippen LogP contribution in [0.4, 0.5) is 11.4 Å². The van der Waals surface area contributed by atoms with Crippen LogP contribution in [0.2, 0.25) is 0 Å². The Morgan fingerprint density at radius 2 is 1.71 bits per heavy atom. The Labute approximate surface area is 169 Å². The number of imide groups is 1. The first-order chi connectivity index (χ1) is 13.6. The molecule has 6 nitrogen and oxygen atoms in total. The molecule has 0 aliphatic carbocycles. The number of para-hydroxylation sites is 1. The Kier molecular flexibility index (Phi) is 4.72. The van der Waals surface area contributed by atoms with Crippen LogP contribution in [0.15, 0.2) is 66.0 Å². The topological polar surface area (TPSA) is 78.5 Å². The number of thiophene rings is 1. The zero-order valence-corrected chi connectivity index (χ0v) is 16.0. The van der Waals surface area contributed by atoms with Gasteiger partial charge in [-0.15, -0.1) is 11.3 Å². The van der Waals surface area contributed by atoms with E-state index in [1.165, 1.54) is 11.3 Å². The smallest absolute Gasteiger partial charge is 0.268 e. The van der Waals surface area contributed by atoms with Gasteiger partial charge >= 0.3 is 0 Å². The first-order valence-electron chi connectivity index (χ1n) is 8.29. The number of rotatable bonds is 3. The summed E-state index contributed by atoms with van der Waals surface area (Å²) in [5.74, 6) is -1.18. The van der Waals surface area contributed by atoms with Gasteiger partial charge in [-0.25, -0.2) is 4.90 Å². The number of carbonyl (C=O) groups is 3. The van der Waals surface area contributed by atoms with Crippen LogP contribution in [-0.4, -0.2) is 22.8 Å². The highest BCUT2D eigenvalue weighted by Crippen LogP contribution is 2.32. The van der Waals surface area contributed by atoms with Crippen molar-refractivity contribution < 1.29 is 14.4 Å². The van der Waals surface area contributed by atoms with Gasteiger partial charge in [-0.05, 0) is 47.9 Å². The van der Waals surface area contributed by atoms with Crippen LogP contribution in [0, 0.1) is 0 Å². The first-order valence-corrected chi connectivity index (χ1v) is 9.58. The lowest BCUT2D eigenvalue weighted by Gasteiger charge is -2.14. The van der Waals surface area contributed by atoms with E-state index >= 15 is 0 Å². The fourth-order valence-electron chi connectivity index (χ4n) is 2.93. The van der Waals surface area contributed by atoms with E-state index in [0.717, 1.165) is 4.90 Å². The maximum atomic E-state index is 13.0. The molecule has 0 bridgehead atoms. The van der Waals surface area contributed by atoms with E-state index in [-0.39, 0.29) is 22.1 Å². The molecule has 3 aromatic rings. The van der Waals surface area contributed by atoms with Gasteiger partial charge in [0, 0.05) is 0 Å². The molecule has 0 atom stereocenters. The summed E-state index contributed by atoms with van der Waals surface area (Å²) < 4.78 is 0. The zero-order chi connectivity index (χ0) is 19.7. The first kappa shape index (κ1) is 18.0. The highest BCUT2D eigenvalue weighted by molar-refractivity contribution is 7.80. The lowest BCUT2D eigenvalue weighted by Crippen LogP contribution is -2.34. The second kappa shape index (κ2) is 7.34. The fourth-order valence-corrected chi connectivity index (χ4v) is 3.75. The highest BCUT2D eigenvalue weighted by atomic mass is 32.1. The monoisotopic (exact) mass is 407 g/mol. The second-order valence-electron chi connectivity index (χ2n) is 5.89. The SMILES string of the molecule is O=C(NC(=S)Nc1cccc2c1C(=O)N(c1ccccc1)C2=O)c1cccs1. The molecule has 0 unspecified atom stereocenters. The lowest BCUT2D eigenvalue weighted by molar-refractivity contribution is 0.0924. The summed E-state index contributed by atoms with van der Waals surface area (Å²) >= 11 is 6.49. The number of thiocarbonyl (C=S) groups is 1. The second-order valence-corrected chi connectivity index (χ2v) is 7.25. The van der Waals surface area contributed by atoms with E-state index in [4.69, 9.17) is 12.2 Å². The van der Waals surface area contributed by atoms with Gasteiger partial charge < -0.3 is 5.32 Å². The summed E-state index contributed by atoms with van der Waals surface area (Å²) in [5, 5.41) is 7.27. The van der Waals surface area contributed by atoms with Gasteiger partial charge in [-0.2, -0.15) is 0 Å². The molecule has 8 heteroatoms. The number of hydrogen-bond donors (Lipinski definition) is 2. The van der Waals surface area contributed by atoms with Gasteiger partial charge in [0.15, 0.2) is 5.11 Å². The Morgan fingerprint density at radius 3 is 2.43 bits per heavy atom. The maximum Gasteiger partial charge on any atom is 0.268 e. The summed E-state index contributed by atoms with van der Waals surface area (Å²) in [6.07, 6.45) is 0. The Morgan fingerprint density at radius 1 is 0.929 bits per heavy atom. The number of amides is 3. The van der Waals surface area contributed by atoms with Gasteiger partial charge in [0.2, 0.25) is 0 Å². The van der Waals surface area contributed by atoms with Crippen molar-refractivity contribution >= 4 is 57.8 Å². The van der Waals surface area contributed by atoms with Crippen molar-refractivity contribution in [1.29, 1.82) is 0 Å². The molecule has 0 saturated carbocycles. The van der Waals surface area contributed by atoms with E-state index in [9.17, 15) is 14.4 Å². The van der Waals surface area contributed by atoms with Crippen molar-refractivity contribution in [2.45, 2.75) is 0 Å². The minimum absolute atomic E-state index is 0.0465. The van der Waals surface area contributed by atoms with E-state index in [1.807, 2.05) is 6.07 Å². The average Bonchev–Trinajstić information content (AvgIpc) is 3.31. The molecule has 2 aromatic carbocycles. The molecule has 2 N–H and O–H groups in total. The summed E-state index contributed by atoms with van der Waals surface area (Å²) in [6.45, 7) is 0. The summed E-state index contributed by atoms with van der Waals surface area (Å²) in [5.41, 5.74) is 1.37. The molecule has 28 heavy (non-hydrogen) atoms. The van der Waals surface area contributed by atoms with Crippen molar-refractivity contribution in [3.63, 3.8) is 0 Å². The standard InChI is InChI=1S/C20H13N3O3S2/c24-17(15-10-5-11-28-15)22-20(27)21-14-9-4-8-13-16(14)19(26)23(18(13)25)12-6-2-1-3-7-12/h1-11H,(H2,21,22,24,27). The number of nitrogens with one attached hydrogen (secondary N) is 2. The third-order valence-electron chi connectivity index (χ3n) is 4.15. The predicted octanol–water partition coefficient (Wildman–Crippen LogP) is 3.68. The molecule has 1 aliphatic heterocycles. The molecule has 0 spiro atoms. The van der Waals surface area contributed by atoms with Crippen molar-refractivity contribution in [3.05, 3.63) is 82.0 Å². The van der Waals surface area contributed by atoms with Crippen LogP contribution in [-0.2, 0) is 0 Å². The van der Waals surface area contributed by atoms with Crippen LogP contribution in [0.5, 0.6) is 0 Å². The van der Waals surface area contributed by atoms with Gasteiger partial charge in [0.05, 0.1) is 27.4 Å². The number of anilines is 2. The molecule has 3 amide bonds. The number of carbonyl (C=O) groups excluding carboxylic acids is 3. The molecule has 138 valence electrons. The van der Waals surface area contributed by atoms with Crippen LogP contribution in [0.1, 0.15) is 30.4 Å². The van der Waals surface area contributed by atoms with Crippen molar-refractivity contribution in [2.75, 3.05) is 10.2 Å². The summed E-state index contributed by atoms with van der Waals surface area (Å²) in [4.78, 5) is 39.5. The molecule has 1 aliphatic rings. The highest BCUT2D eigenvalue weighted by Gasteiger charge is 2.38. The molecular formula is C20H13N3O3S2. The molecule has 0 saturated heterocycles. The van der Waals surface area contributed by atoms with Gasteiger partial charge in [-0.1, -0.05) is 30.3 Å². The number of benzene rings is 2. The van der Waals surface area contributed by atoms with E-state index in [0.29, 0.717) is 16.3 Å². The maximum absolute atomic E-state index is 13.0. The Hall–Kier alpha value is -3.36. The van der Waals surface area contributed by atoms with Crippen molar-refractivity contribution in [1.82, 2.24) is 5.32 Å². The van der Waals surface area contributed by atoms with Crippen LogP contribution in [0.3, 0.4) is 0 Å². The van der Waals surface area contributed by atoms with Gasteiger partial charge in [-0.3, -0.25) is 19.7 Å². The molecular weight excluding hydrogens is 394 g/mol. The van der Waals surface area contributed by atoms with E-state index in [2.05, 4.69) is 10.6 Å². The number of fused-ring (bicyclic) bond motifs is 1. The molecule has 2 heterocycles. The predicted molar refractivity (Wildman–Crippen MR) is 112 cm³/mol. The number of nitrogens with zero attached hydrogens (tertiary/aromatic N) is 1. The molecule has 4 rings (SSSR count). The molecule has 1 aromatic heterocycles. The van der Waals surface area contributed by atoms with Gasteiger partial charge in [0.25, 0.3) is 17.7 Å². The minimum Gasteiger partial charge on any atom is -0.332 e. The van der Waals surface area contributed by atoms with Crippen molar-refractivity contribution in [2.24, 2.45) is 0 Å². The van der Waals surface area contributed by atoms with Gasteiger partial charge in [0.1, 0.15) is 0 Å². The average molecular weight is 407 g/mol. The van der Waals surface area contributed by atoms with Crippen LogP contribution >= 0.6 is 23.6 Å². The minimum atomic E-state index is -0.443. The largest absolute Gasteiger partial charge is 0.332 e. The molecule has 0 radical (unpaired) electrons. The van der Waals surface area contributed by atoms with E-state index in [1.54, 1.807) is 60.0 Å². The third kappa shape index (κ3) is 3.19. The zero-order valence-electron chi connectivity index (χ0n) is 14.3. The number of hydrogen-bond acceptors (Lipinski definition) is 5. The van der Waals surface area contributed by atoms with Crippen molar-refractivity contribution in [3.8, 4) is 0 Å². The van der Waals surface area contributed by atoms with Crippen LogP contribution in [0.25, 0.3) is 0 Å². The Balaban J connectivity index is 1.59. The third-order valence-corrected chi connectivity index (χ3v) is 5.22. The summed E-state index contributed by atoms with van der Waals surface area (Å²) in [6, 6.07) is 17.1. The van der Waals surface area contributed by atoms with Crippen LogP contribution < -0.4 is 15.5 Å². The normalized spacial score (nSPS) is 12.6. The summed E-state index contributed by atoms with van der Waals surface area (Å²) in [7, 11) is 0. The van der Waals surface area contributed by atoms with E-state index < -0.39 is 11.8 Å². The Bertz CT molecular complexity index is 1100. The quantitative estimate of drug-likeness (QED) is 0.512. The lowest BCUT2D eigenvalue weighted by atomic mass is 10.1. The molecule has 0 fully saturated rings.